The Balaban J connectivity index is 1.45. The van der Waals surface area contributed by atoms with Crippen LogP contribution in [0.15, 0.2) is 0 Å². The van der Waals surface area contributed by atoms with Crippen molar-refractivity contribution in [3.05, 3.63) is 0 Å². The lowest BCUT2D eigenvalue weighted by Gasteiger charge is -2.44. The number of hydrogen-bond acceptors (Lipinski definition) is 4. The van der Waals surface area contributed by atoms with Gasteiger partial charge in [0.05, 0.1) is 5.60 Å². The summed E-state index contributed by atoms with van der Waals surface area (Å²) in [5.41, 5.74) is 0.111. The third kappa shape index (κ3) is 3.53. The lowest BCUT2D eigenvalue weighted by atomic mass is 9.84. The maximum atomic E-state index is 6.11. The molecular formula is C16H30N2O2. The minimum Gasteiger partial charge on any atom is -0.381 e. The van der Waals surface area contributed by atoms with Crippen molar-refractivity contribution in [3.8, 4) is 0 Å². The molecule has 3 rings (SSSR count). The van der Waals surface area contributed by atoms with E-state index < -0.39 is 0 Å². The van der Waals surface area contributed by atoms with Gasteiger partial charge in [-0.1, -0.05) is 0 Å². The first-order valence-electron chi connectivity index (χ1n) is 8.36. The molecular weight excluding hydrogens is 252 g/mol. The van der Waals surface area contributed by atoms with Gasteiger partial charge >= 0.3 is 0 Å². The van der Waals surface area contributed by atoms with Crippen LogP contribution in [-0.4, -0.2) is 62.0 Å². The van der Waals surface area contributed by atoms with Gasteiger partial charge in [0.25, 0.3) is 0 Å². The first-order chi connectivity index (χ1) is 9.69. The summed E-state index contributed by atoms with van der Waals surface area (Å²) < 4.78 is 11.6. The molecule has 1 aliphatic carbocycles. The molecule has 0 amide bonds. The second-order valence-electron chi connectivity index (χ2n) is 6.99. The number of hydrogen-bond donors (Lipinski definition) is 1. The largest absolute Gasteiger partial charge is 0.381 e. The fourth-order valence-corrected chi connectivity index (χ4v) is 3.62. The van der Waals surface area contributed by atoms with E-state index in [-0.39, 0.29) is 5.60 Å². The average molecular weight is 282 g/mol. The standard InChI is InChI=1S/C16H30N2O2/c1-13(18(2)15-3-4-15)12-17-14-5-8-20-16(11-14)6-9-19-10-7-16/h13-15,17H,3-12H2,1-2H3. The number of rotatable bonds is 5. The van der Waals surface area contributed by atoms with Crippen molar-refractivity contribution in [2.24, 2.45) is 0 Å². The molecule has 3 fully saturated rings. The van der Waals surface area contributed by atoms with E-state index in [4.69, 9.17) is 9.47 Å². The summed E-state index contributed by atoms with van der Waals surface area (Å²) in [5, 5.41) is 3.79. The highest BCUT2D eigenvalue weighted by molar-refractivity contribution is 4.92. The smallest absolute Gasteiger partial charge is 0.0741 e. The third-order valence-electron chi connectivity index (χ3n) is 5.42. The number of nitrogens with one attached hydrogen (secondary N) is 1. The van der Waals surface area contributed by atoms with Gasteiger partial charge in [-0.25, -0.2) is 0 Å². The van der Waals surface area contributed by atoms with Crippen molar-refractivity contribution in [3.63, 3.8) is 0 Å². The first-order valence-corrected chi connectivity index (χ1v) is 8.36. The lowest BCUT2D eigenvalue weighted by molar-refractivity contribution is -0.140. The number of likely N-dealkylation sites (N-methyl/N-ethyl adjacent to an activating group) is 1. The van der Waals surface area contributed by atoms with Crippen LogP contribution < -0.4 is 5.32 Å². The van der Waals surface area contributed by atoms with Crippen LogP contribution in [-0.2, 0) is 9.47 Å². The Labute approximate surface area is 123 Å². The van der Waals surface area contributed by atoms with Crippen LogP contribution in [0, 0.1) is 0 Å². The second kappa shape index (κ2) is 6.30. The number of ether oxygens (including phenoxy) is 2. The van der Waals surface area contributed by atoms with Gasteiger partial charge in [0.15, 0.2) is 0 Å². The molecule has 2 heterocycles. The zero-order chi connectivity index (χ0) is 14.0. The van der Waals surface area contributed by atoms with Gasteiger partial charge in [-0.3, -0.25) is 4.90 Å². The van der Waals surface area contributed by atoms with Crippen LogP contribution in [0.3, 0.4) is 0 Å². The van der Waals surface area contributed by atoms with Crippen molar-refractivity contribution in [1.29, 1.82) is 0 Å². The molecule has 2 atom stereocenters. The Morgan fingerprint density at radius 2 is 1.95 bits per heavy atom. The Morgan fingerprint density at radius 1 is 1.20 bits per heavy atom. The average Bonchev–Trinajstić information content (AvgIpc) is 3.29. The van der Waals surface area contributed by atoms with Crippen LogP contribution in [0.4, 0.5) is 0 Å². The Hall–Kier alpha value is -0.160. The third-order valence-corrected chi connectivity index (χ3v) is 5.42. The van der Waals surface area contributed by atoms with E-state index in [1.54, 1.807) is 0 Å². The molecule has 4 heteroatoms. The summed E-state index contributed by atoms with van der Waals surface area (Å²) in [6.45, 7) is 6.09. The molecule has 1 N–H and O–H groups in total. The van der Waals surface area contributed by atoms with Crippen molar-refractivity contribution in [2.75, 3.05) is 33.4 Å². The van der Waals surface area contributed by atoms with Gasteiger partial charge in [0.1, 0.15) is 0 Å². The minimum absolute atomic E-state index is 0.111. The summed E-state index contributed by atoms with van der Waals surface area (Å²) in [4.78, 5) is 2.54. The normalized spacial score (nSPS) is 31.6. The second-order valence-corrected chi connectivity index (χ2v) is 6.99. The predicted octanol–water partition coefficient (Wildman–Crippen LogP) is 1.79. The van der Waals surface area contributed by atoms with Crippen LogP contribution in [0.25, 0.3) is 0 Å². The highest BCUT2D eigenvalue weighted by Gasteiger charge is 2.39. The minimum atomic E-state index is 0.111. The Bertz CT molecular complexity index is 308. The van der Waals surface area contributed by atoms with Crippen LogP contribution in [0.5, 0.6) is 0 Å². The highest BCUT2D eigenvalue weighted by atomic mass is 16.5. The van der Waals surface area contributed by atoms with E-state index in [9.17, 15) is 0 Å². The van der Waals surface area contributed by atoms with Gasteiger partial charge in [-0.05, 0) is 52.5 Å². The van der Waals surface area contributed by atoms with E-state index in [1.807, 2.05) is 0 Å². The number of nitrogens with zero attached hydrogens (tertiary/aromatic N) is 1. The summed E-state index contributed by atoms with van der Waals surface area (Å²) in [7, 11) is 2.27. The van der Waals surface area contributed by atoms with Crippen molar-refractivity contribution >= 4 is 0 Å². The molecule has 0 radical (unpaired) electrons. The topological polar surface area (TPSA) is 33.7 Å². The van der Waals surface area contributed by atoms with E-state index in [2.05, 4.69) is 24.2 Å². The van der Waals surface area contributed by atoms with Crippen LogP contribution in [0.2, 0.25) is 0 Å². The molecule has 3 aliphatic rings. The summed E-state index contributed by atoms with van der Waals surface area (Å²) in [6.07, 6.45) is 7.24. The summed E-state index contributed by atoms with van der Waals surface area (Å²) in [5.74, 6) is 0. The zero-order valence-corrected chi connectivity index (χ0v) is 13.1. The molecule has 2 aliphatic heterocycles. The fourth-order valence-electron chi connectivity index (χ4n) is 3.62. The quantitative estimate of drug-likeness (QED) is 0.833. The van der Waals surface area contributed by atoms with E-state index in [0.29, 0.717) is 12.1 Å². The summed E-state index contributed by atoms with van der Waals surface area (Å²) >= 11 is 0. The highest BCUT2D eigenvalue weighted by Crippen LogP contribution is 2.34. The maximum absolute atomic E-state index is 6.11. The molecule has 20 heavy (non-hydrogen) atoms. The molecule has 116 valence electrons. The van der Waals surface area contributed by atoms with E-state index in [1.165, 1.54) is 12.8 Å². The van der Waals surface area contributed by atoms with Gasteiger partial charge in [0.2, 0.25) is 0 Å². The molecule has 0 aromatic heterocycles. The molecule has 4 nitrogen and oxygen atoms in total. The monoisotopic (exact) mass is 282 g/mol. The van der Waals surface area contributed by atoms with Crippen LogP contribution in [0.1, 0.15) is 45.4 Å². The van der Waals surface area contributed by atoms with Crippen molar-refractivity contribution < 1.29 is 9.47 Å². The SMILES string of the molecule is CC(CNC1CCOC2(CCOCC2)C1)N(C)C1CC1. The molecule has 2 unspecified atom stereocenters. The first kappa shape index (κ1) is 14.8. The molecule has 0 aromatic rings. The molecule has 1 spiro atoms. The lowest BCUT2D eigenvalue weighted by Crippen LogP contribution is -2.51. The van der Waals surface area contributed by atoms with Crippen molar-refractivity contribution in [2.45, 2.75) is 69.2 Å². The van der Waals surface area contributed by atoms with E-state index in [0.717, 1.165) is 58.1 Å². The predicted molar refractivity (Wildman–Crippen MR) is 80.0 cm³/mol. The molecule has 2 saturated heterocycles. The van der Waals surface area contributed by atoms with Gasteiger partial charge in [0, 0.05) is 44.5 Å². The van der Waals surface area contributed by atoms with Crippen molar-refractivity contribution in [1.82, 2.24) is 10.2 Å². The fraction of sp³-hybridized carbons (Fsp3) is 1.00. The van der Waals surface area contributed by atoms with Gasteiger partial charge in [-0.2, -0.15) is 0 Å². The van der Waals surface area contributed by atoms with Crippen LogP contribution >= 0.6 is 0 Å². The molecule has 0 aromatic carbocycles. The maximum Gasteiger partial charge on any atom is 0.0741 e. The van der Waals surface area contributed by atoms with Gasteiger partial charge in [-0.15, -0.1) is 0 Å². The molecule has 0 bridgehead atoms. The van der Waals surface area contributed by atoms with Gasteiger partial charge < -0.3 is 14.8 Å². The molecule has 1 saturated carbocycles. The Morgan fingerprint density at radius 3 is 2.65 bits per heavy atom. The van der Waals surface area contributed by atoms with E-state index >= 15 is 0 Å². The Kier molecular flexibility index (Phi) is 4.65. The zero-order valence-electron chi connectivity index (χ0n) is 13.1. The summed E-state index contributed by atoms with van der Waals surface area (Å²) in [6, 6.07) is 2.11.